The Balaban J connectivity index is 0.000000167. The van der Waals surface area contributed by atoms with Crippen LogP contribution in [0.5, 0.6) is 0 Å². The van der Waals surface area contributed by atoms with Gasteiger partial charge in [-0.15, -0.1) is 0 Å². The Hall–Kier alpha value is 0.324. The van der Waals surface area contributed by atoms with Crippen molar-refractivity contribution in [3.05, 3.63) is 48.6 Å². The fourth-order valence-electron chi connectivity index (χ4n) is 0.786. The van der Waals surface area contributed by atoms with Gasteiger partial charge in [0.25, 0.3) is 0 Å². The van der Waals surface area contributed by atoms with Gasteiger partial charge in [0, 0.05) is 41.3 Å². The van der Waals surface area contributed by atoms with Gasteiger partial charge in [0.2, 0.25) is 0 Å². The summed E-state index contributed by atoms with van der Waals surface area (Å²) in [5, 5.41) is 0. The van der Waals surface area contributed by atoms with Crippen LogP contribution < -0.4 is 0 Å². The Bertz CT molecular complexity index is 143. The van der Waals surface area contributed by atoms with Crippen molar-refractivity contribution in [3.63, 3.8) is 0 Å². The average Bonchev–Trinajstić information content (AvgIpc) is 2.67. The van der Waals surface area contributed by atoms with Crippen LogP contribution >= 0.6 is 0 Å². The topological polar surface area (TPSA) is 0 Å². The van der Waals surface area contributed by atoms with Crippen LogP contribution in [0.4, 0.5) is 0 Å². The van der Waals surface area contributed by atoms with Gasteiger partial charge in [-0.2, -0.15) is 0 Å². The summed E-state index contributed by atoms with van der Waals surface area (Å²) >= 11 is 0. The van der Waals surface area contributed by atoms with E-state index in [-0.39, 0.29) is 41.3 Å². The molecule has 0 aromatic heterocycles. The Morgan fingerprint density at radius 2 is 0.818 bits per heavy atom. The van der Waals surface area contributed by atoms with Crippen LogP contribution in [-0.4, -0.2) is 0 Å². The molecule has 2 rings (SSSR count). The molecule has 0 saturated carbocycles. The van der Waals surface area contributed by atoms with Crippen molar-refractivity contribution < 1.29 is 41.3 Å². The molecule has 0 aliphatic heterocycles. The van der Waals surface area contributed by atoms with E-state index in [2.05, 4.69) is 48.6 Å². The van der Waals surface area contributed by atoms with Gasteiger partial charge < -0.3 is 0 Å². The average molecular weight is 273 g/mol. The maximum atomic E-state index is 2.12. The normalized spacial score (nSPS) is 16.0. The second-order valence-corrected chi connectivity index (χ2v) is 2.18. The first kappa shape index (κ1) is 11.3. The van der Waals surface area contributed by atoms with Crippen LogP contribution in [0.2, 0.25) is 0 Å². The summed E-state index contributed by atoms with van der Waals surface area (Å²) < 4.78 is 0. The molecule has 2 aliphatic carbocycles. The maximum absolute atomic E-state index is 2.12. The quantitative estimate of drug-likeness (QED) is 0.636. The number of allylic oxidation sites excluding steroid dienone is 8. The molecule has 0 nitrogen and oxygen atoms in total. The molecule has 0 unspecified atom stereocenters. The van der Waals surface area contributed by atoms with Crippen LogP contribution in [0.25, 0.3) is 0 Å². The van der Waals surface area contributed by atoms with Crippen molar-refractivity contribution in [2.24, 2.45) is 0 Å². The SMILES string of the molecule is C1=CCC=C1.C1=CCC=C1.[Pr]. The van der Waals surface area contributed by atoms with Crippen molar-refractivity contribution in [2.45, 2.75) is 12.8 Å². The molecule has 55 valence electrons. The van der Waals surface area contributed by atoms with E-state index in [0.717, 1.165) is 12.8 Å². The molecule has 11 heavy (non-hydrogen) atoms. The first-order valence-corrected chi connectivity index (χ1v) is 3.63. The molecule has 0 heterocycles. The summed E-state index contributed by atoms with van der Waals surface area (Å²) in [6.07, 6.45) is 19.0. The molecular weight excluding hydrogens is 261 g/mol. The number of hydrogen-bond donors (Lipinski definition) is 0. The summed E-state index contributed by atoms with van der Waals surface area (Å²) in [5.41, 5.74) is 0. The molecule has 2 aliphatic rings. The third-order valence-corrected chi connectivity index (χ3v) is 1.31. The van der Waals surface area contributed by atoms with Crippen LogP contribution in [0, 0.1) is 41.3 Å². The van der Waals surface area contributed by atoms with Crippen LogP contribution in [0.15, 0.2) is 48.6 Å². The van der Waals surface area contributed by atoms with E-state index in [9.17, 15) is 0 Å². The van der Waals surface area contributed by atoms with Gasteiger partial charge in [-0.05, 0) is 12.8 Å². The third kappa shape index (κ3) is 6.71. The van der Waals surface area contributed by atoms with Gasteiger partial charge in [0.15, 0.2) is 0 Å². The first-order valence-electron chi connectivity index (χ1n) is 3.63. The second-order valence-electron chi connectivity index (χ2n) is 2.18. The minimum Gasteiger partial charge on any atom is -0.0808 e. The van der Waals surface area contributed by atoms with E-state index in [4.69, 9.17) is 0 Å². The maximum Gasteiger partial charge on any atom is 0 e. The molecule has 0 saturated heterocycles. The van der Waals surface area contributed by atoms with E-state index < -0.39 is 0 Å². The molecule has 0 spiro atoms. The van der Waals surface area contributed by atoms with Crippen molar-refractivity contribution in [1.82, 2.24) is 0 Å². The van der Waals surface area contributed by atoms with E-state index >= 15 is 0 Å². The molecule has 1 radical (unpaired) electrons. The molecule has 0 N–H and O–H groups in total. The summed E-state index contributed by atoms with van der Waals surface area (Å²) in [5.74, 6) is 0. The van der Waals surface area contributed by atoms with Crippen LogP contribution in [0.3, 0.4) is 0 Å². The smallest absolute Gasteiger partial charge is 0 e. The van der Waals surface area contributed by atoms with Gasteiger partial charge in [0.05, 0.1) is 0 Å². The van der Waals surface area contributed by atoms with Crippen molar-refractivity contribution >= 4 is 0 Å². The molecule has 0 aromatic carbocycles. The van der Waals surface area contributed by atoms with Gasteiger partial charge >= 0.3 is 0 Å². The molecule has 0 atom stereocenters. The zero-order chi connectivity index (χ0) is 7.07. The molecule has 0 fully saturated rings. The molecule has 1 heteroatoms. The van der Waals surface area contributed by atoms with E-state index in [0.29, 0.717) is 0 Å². The van der Waals surface area contributed by atoms with E-state index in [1.807, 2.05) is 0 Å². The van der Waals surface area contributed by atoms with Crippen LogP contribution in [-0.2, 0) is 0 Å². The zero-order valence-corrected chi connectivity index (χ0v) is 10.3. The molecule has 0 amide bonds. The Labute approximate surface area is 102 Å². The van der Waals surface area contributed by atoms with Gasteiger partial charge in [-0.3, -0.25) is 0 Å². The Morgan fingerprint density at radius 3 is 0.909 bits per heavy atom. The summed E-state index contributed by atoms with van der Waals surface area (Å²) in [6.45, 7) is 0. The summed E-state index contributed by atoms with van der Waals surface area (Å²) in [6, 6.07) is 0. The van der Waals surface area contributed by atoms with Gasteiger partial charge in [0.1, 0.15) is 0 Å². The van der Waals surface area contributed by atoms with Gasteiger partial charge in [-0.1, -0.05) is 48.6 Å². The van der Waals surface area contributed by atoms with E-state index in [1.54, 1.807) is 0 Å². The fourth-order valence-corrected chi connectivity index (χ4v) is 0.786. The monoisotopic (exact) mass is 273 g/mol. The molecule has 0 aromatic rings. The third-order valence-electron chi connectivity index (χ3n) is 1.31. The number of hydrogen-bond acceptors (Lipinski definition) is 0. The van der Waals surface area contributed by atoms with Crippen molar-refractivity contribution in [2.75, 3.05) is 0 Å². The fraction of sp³-hybridized carbons (Fsp3) is 0.200. The zero-order valence-electron chi connectivity index (χ0n) is 6.61. The number of rotatable bonds is 0. The predicted octanol–water partition coefficient (Wildman–Crippen LogP) is 3.01. The molecule has 0 bridgehead atoms. The van der Waals surface area contributed by atoms with Crippen molar-refractivity contribution in [1.29, 1.82) is 0 Å². The predicted molar refractivity (Wildman–Crippen MR) is 45.8 cm³/mol. The van der Waals surface area contributed by atoms with Crippen molar-refractivity contribution in [3.8, 4) is 0 Å². The first-order chi connectivity index (χ1) is 5.00. The standard InChI is InChI=1S/2C5H6.Pr/c2*1-2-4-5-3-1;/h2*1-4H,5H2;. The minimum absolute atomic E-state index is 0. The Morgan fingerprint density at radius 1 is 0.545 bits per heavy atom. The van der Waals surface area contributed by atoms with Crippen LogP contribution in [0.1, 0.15) is 12.8 Å². The second kappa shape index (κ2) is 8.42. The largest absolute Gasteiger partial charge is 0.0808 e. The summed E-state index contributed by atoms with van der Waals surface area (Å²) in [4.78, 5) is 0. The summed E-state index contributed by atoms with van der Waals surface area (Å²) in [7, 11) is 0. The van der Waals surface area contributed by atoms with Gasteiger partial charge in [-0.25, -0.2) is 0 Å². The Kier molecular flexibility index (Phi) is 8.67. The minimum atomic E-state index is 0. The van der Waals surface area contributed by atoms with E-state index in [1.165, 1.54) is 0 Å². The molecular formula is C10H12Pr.